The normalized spacial score (nSPS) is 11.8. The maximum Gasteiger partial charge on any atom is 0.0434 e. The summed E-state index contributed by atoms with van der Waals surface area (Å²) in [5.74, 6) is 0. The van der Waals surface area contributed by atoms with E-state index in [0.29, 0.717) is 0 Å². The molecule has 0 bridgehead atoms. The van der Waals surface area contributed by atoms with Gasteiger partial charge in [0.1, 0.15) is 0 Å². The fourth-order valence-corrected chi connectivity index (χ4v) is 1.76. The van der Waals surface area contributed by atoms with Crippen molar-refractivity contribution in [1.29, 1.82) is 0 Å². The molecule has 1 N–H and O–H groups in total. The molecule has 0 aliphatic rings. The molecule has 0 atom stereocenters. The van der Waals surface area contributed by atoms with E-state index < -0.39 is 0 Å². The summed E-state index contributed by atoms with van der Waals surface area (Å²) in [6.45, 7) is 2.50. The Hall–Kier alpha value is -1.08. The zero-order valence-electron chi connectivity index (χ0n) is 10.2. The van der Waals surface area contributed by atoms with Crippen LogP contribution >= 0.6 is 0 Å². The zero-order valence-corrected chi connectivity index (χ0v) is 10.2. The van der Waals surface area contributed by atoms with Crippen molar-refractivity contribution in [1.82, 2.24) is 0 Å². The van der Waals surface area contributed by atoms with Crippen molar-refractivity contribution in [3.05, 3.63) is 41.5 Å². The molecule has 1 rings (SSSR count). The van der Waals surface area contributed by atoms with Gasteiger partial charge in [-0.05, 0) is 31.2 Å². The molecule has 0 amide bonds. The molecule has 0 spiro atoms. The van der Waals surface area contributed by atoms with Crippen LogP contribution in [0.4, 0.5) is 0 Å². The lowest BCUT2D eigenvalue weighted by atomic mass is 10.0. The number of hydrogen-bond acceptors (Lipinski definition) is 1. The number of benzene rings is 1. The van der Waals surface area contributed by atoms with Crippen molar-refractivity contribution >= 4 is 6.08 Å². The molecule has 0 unspecified atom stereocenters. The van der Waals surface area contributed by atoms with Crippen LogP contribution in [0.2, 0.25) is 0 Å². The molecular weight excluding hydrogens is 196 g/mol. The van der Waals surface area contributed by atoms with Crippen molar-refractivity contribution in [3.63, 3.8) is 0 Å². The molecule has 0 aromatic heterocycles. The van der Waals surface area contributed by atoms with E-state index in [1.54, 1.807) is 0 Å². The molecule has 0 fully saturated rings. The molecule has 0 aliphatic carbocycles. The van der Waals surface area contributed by atoms with Crippen LogP contribution in [0.15, 0.2) is 35.9 Å². The number of aliphatic hydroxyl groups excluding tert-OH is 1. The Morgan fingerprint density at radius 2 is 1.81 bits per heavy atom. The molecule has 0 heterocycles. The van der Waals surface area contributed by atoms with Gasteiger partial charge in [-0.15, -0.1) is 0 Å². The Balaban J connectivity index is 2.63. The topological polar surface area (TPSA) is 20.2 Å². The summed E-state index contributed by atoms with van der Waals surface area (Å²) in [6.07, 6.45) is 7.79. The Bertz CT molecular complexity index is 290. The highest BCUT2D eigenvalue weighted by Gasteiger charge is 1.98. The predicted molar refractivity (Wildman–Crippen MR) is 70.3 cm³/mol. The predicted octanol–water partition coefficient (Wildman–Crippen LogP) is 4.03. The highest BCUT2D eigenvalue weighted by Crippen LogP contribution is 2.17. The largest absolute Gasteiger partial charge is 0.396 e. The van der Waals surface area contributed by atoms with E-state index in [9.17, 15) is 0 Å². The summed E-state index contributed by atoms with van der Waals surface area (Å²) in [5, 5.41) is 8.88. The Labute approximate surface area is 98.8 Å². The molecule has 16 heavy (non-hydrogen) atoms. The zero-order chi connectivity index (χ0) is 11.6. The summed E-state index contributed by atoms with van der Waals surface area (Å²) in [4.78, 5) is 0. The highest BCUT2D eigenvalue weighted by molar-refractivity contribution is 5.52. The lowest BCUT2D eigenvalue weighted by molar-refractivity contribution is 0.288. The maximum absolute atomic E-state index is 8.88. The lowest BCUT2D eigenvalue weighted by Gasteiger charge is -2.06. The standard InChI is InChI=1S/C15H22O/c1-2-3-8-14(11-7-12-16)13-15-9-5-4-6-10-15/h4-6,9-10,13,16H,2-3,7-8,11-12H2,1H3/b14-13+. The summed E-state index contributed by atoms with van der Waals surface area (Å²) in [6, 6.07) is 10.4. The van der Waals surface area contributed by atoms with Crippen molar-refractivity contribution < 1.29 is 5.11 Å². The summed E-state index contributed by atoms with van der Waals surface area (Å²) < 4.78 is 0. The Morgan fingerprint density at radius 3 is 2.44 bits per heavy atom. The summed E-state index contributed by atoms with van der Waals surface area (Å²) >= 11 is 0. The first-order chi connectivity index (χ1) is 7.86. The highest BCUT2D eigenvalue weighted by atomic mass is 16.2. The van der Waals surface area contributed by atoms with Gasteiger partial charge in [0.2, 0.25) is 0 Å². The molecule has 88 valence electrons. The smallest absolute Gasteiger partial charge is 0.0434 e. The van der Waals surface area contributed by atoms with Crippen molar-refractivity contribution in [3.8, 4) is 0 Å². The van der Waals surface area contributed by atoms with Gasteiger partial charge in [0.25, 0.3) is 0 Å². The van der Waals surface area contributed by atoms with Gasteiger partial charge in [-0.3, -0.25) is 0 Å². The van der Waals surface area contributed by atoms with E-state index >= 15 is 0 Å². The second-order valence-corrected chi connectivity index (χ2v) is 4.14. The fourth-order valence-electron chi connectivity index (χ4n) is 1.76. The minimum absolute atomic E-state index is 0.290. The number of allylic oxidation sites excluding steroid dienone is 1. The summed E-state index contributed by atoms with van der Waals surface area (Å²) in [7, 11) is 0. The van der Waals surface area contributed by atoms with Crippen LogP contribution in [0.25, 0.3) is 6.08 Å². The van der Waals surface area contributed by atoms with Gasteiger partial charge in [0, 0.05) is 6.61 Å². The van der Waals surface area contributed by atoms with Gasteiger partial charge in [0.05, 0.1) is 0 Å². The van der Waals surface area contributed by atoms with Gasteiger partial charge in [-0.1, -0.05) is 55.3 Å². The third kappa shape index (κ3) is 5.13. The average Bonchev–Trinajstić information content (AvgIpc) is 2.34. The SMILES string of the molecule is CCCC/C(=C\c1ccccc1)CCCO. The molecule has 1 aromatic carbocycles. The van der Waals surface area contributed by atoms with E-state index in [0.717, 1.165) is 19.3 Å². The van der Waals surface area contributed by atoms with E-state index in [2.05, 4.69) is 37.3 Å². The van der Waals surface area contributed by atoms with Gasteiger partial charge in [-0.25, -0.2) is 0 Å². The fraction of sp³-hybridized carbons (Fsp3) is 0.467. The van der Waals surface area contributed by atoms with Crippen LogP contribution in [0.3, 0.4) is 0 Å². The van der Waals surface area contributed by atoms with Crippen molar-refractivity contribution in [2.45, 2.75) is 39.0 Å². The maximum atomic E-state index is 8.88. The molecule has 0 radical (unpaired) electrons. The molecule has 0 saturated carbocycles. The second kappa shape index (κ2) is 8.12. The van der Waals surface area contributed by atoms with Crippen LogP contribution < -0.4 is 0 Å². The average molecular weight is 218 g/mol. The van der Waals surface area contributed by atoms with Crippen LogP contribution in [-0.4, -0.2) is 11.7 Å². The summed E-state index contributed by atoms with van der Waals surface area (Å²) in [5.41, 5.74) is 2.73. The monoisotopic (exact) mass is 218 g/mol. The van der Waals surface area contributed by atoms with Crippen LogP contribution in [0.1, 0.15) is 44.6 Å². The first kappa shape index (κ1) is 13.0. The third-order valence-electron chi connectivity index (χ3n) is 2.68. The van der Waals surface area contributed by atoms with E-state index in [4.69, 9.17) is 5.11 Å². The van der Waals surface area contributed by atoms with Crippen LogP contribution in [-0.2, 0) is 0 Å². The van der Waals surface area contributed by atoms with Gasteiger partial charge in [-0.2, -0.15) is 0 Å². The first-order valence-corrected chi connectivity index (χ1v) is 6.22. The number of hydrogen-bond donors (Lipinski definition) is 1. The Morgan fingerprint density at radius 1 is 1.12 bits per heavy atom. The van der Waals surface area contributed by atoms with Gasteiger partial charge in [0.15, 0.2) is 0 Å². The molecule has 0 aliphatic heterocycles. The second-order valence-electron chi connectivity index (χ2n) is 4.14. The minimum atomic E-state index is 0.290. The number of rotatable bonds is 7. The van der Waals surface area contributed by atoms with E-state index in [-0.39, 0.29) is 6.61 Å². The molecule has 1 heteroatoms. The third-order valence-corrected chi connectivity index (χ3v) is 2.68. The quantitative estimate of drug-likeness (QED) is 0.732. The van der Waals surface area contributed by atoms with Crippen LogP contribution in [0, 0.1) is 0 Å². The van der Waals surface area contributed by atoms with Crippen molar-refractivity contribution in [2.24, 2.45) is 0 Å². The number of aliphatic hydroxyl groups is 1. The number of unbranched alkanes of at least 4 members (excludes halogenated alkanes) is 1. The van der Waals surface area contributed by atoms with E-state index in [1.807, 2.05) is 6.07 Å². The van der Waals surface area contributed by atoms with Crippen LogP contribution in [0.5, 0.6) is 0 Å². The van der Waals surface area contributed by atoms with Gasteiger partial charge >= 0.3 is 0 Å². The Kier molecular flexibility index (Phi) is 6.59. The van der Waals surface area contributed by atoms with Crippen molar-refractivity contribution in [2.75, 3.05) is 6.61 Å². The minimum Gasteiger partial charge on any atom is -0.396 e. The molecule has 1 nitrogen and oxygen atoms in total. The van der Waals surface area contributed by atoms with Gasteiger partial charge < -0.3 is 5.11 Å². The molecule has 1 aromatic rings. The van der Waals surface area contributed by atoms with E-state index in [1.165, 1.54) is 24.0 Å². The lowest BCUT2D eigenvalue weighted by Crippen LogP contribution is -1.89. The molecule has 0 saturated heterocycles. The first-order valence-electron chi connectivity index (χ1n) is 6.22. The molecular formula is C15H22O.